The molecule has 1 unspecified atom stereocenters. The zero-order valence-corrected chi connectivity index (χ0v) is 7.42. The first kappa shape index (κ1) is 8.48. The van der Waals surface area contributed by atoms with Crippen LogP contribution in [0.15, 0.2) is 0 Å². The summed E-state index contributed by atoms with van der Waals surface area (Å²) in [4.78, 5) is 0. The lowest BCUT2D eigenvalue weighted by atomic mass is 10.2. The third kappa shape index (κ3) is 2.19. The Morgan fingerprint density at radius 3 is 3.08 bits per heavy atom. The van der Waals surface area contributed by atoms with Crippen LogP contribution in [-0.4, -0.2) is 38.5 Å². The highest BCUT2D eigenvalue weighted by atomic mass is 16.5. The average Bonchev–Trinajstić information content (AvgIpc) is 2.74. The van der Waals surface area contributed by atoms with Gasteiger partial charge in [0.1, 0.15) is 0 Å². The average molecular weight is 171 g/mol. The summed E-state index contributed by atoms with van der Waals surface area (Å²) in [5.41, 5.74) is 0. The molecule has 2 rings (SSSR count). The number of rotatable bonds is 3. The van der Waals surface area contributed by atoms with Gasteiger partial charge in [-0.05, 0) is 25.8 Å². The maximum atomic E-state index is 5.70. The van der Waals surface area contributed by atoms with Crippen LogP contribution < -0.4 is 5.32 Å². The van der Waals surface area contributed by atoms with Crippen molar-refractivity contribution in [2.75, 3.05) is 26.4 Å². The van der Waals surface area contributed by atoms with Crippen LogP contribution in [0.1, 0.15) is 19.3 Å². The van der Waals surface area contributed by atoms with Crippen LogP contribution in [0.4, 0.5) is 0 Å². The van der Waals surface area contributed by atoms with Crippen molar-refractivity contribution in [3.63, 3.8) is 0 Å². The van der Waals surface area contributed by atoms with Crippen LogP contribution in [0, 0.1) is 0 Å². The van der Waals surface area contributed by atoms with Crippen LogP contribution in [0.3, 0.4) is 0 Å². The summed E-state index contributed by atoms with van der Waals surface area (Å²) in [6.45, 7) is 3.71. The van der Waals surface area contributed by atoms with E-state index in [4.69, 9.17) is 9.47 Å². The number of hydrogen-bond acceptors (Lipinski definition) is 3. The van der Waals surface area contributed by atoms with E-state index in [2.05, 4.69) is 5.32 Å². The molecule has 2 aliphatic rings. The summed E-state index contributed by atoms with van der Waals surface area (Å²) in [7, 11) is 0. The Morgan fingerprint density at radius 1 is 1.42 bits per heavy atom. The molecule has 1 N–H and O–H groups in total. The normalized spacial score (nSPS) is 36.0. The highest BCUT2D eigenvalue weighted by molar-refractivity contribution is 4.74. The zero-order valence-electron chi connectivity index (χ0n) is 7.42. The van der Waals surface area contributed by atoms with Gasteiger partial charge >= 0.3 is 0 Å². The second kappa shape index (κ2) is 4.21. The van der Waals surface area contributed by atoms with Crippen LogP contribution >= 0.6 is 0 Å². The van der Waals surface area contributed by atoms with Gasteiger partial charge < -0.3 is 14.8 Å². The summed E-state index contributed by atoms with van der Waals surface area (Å²) in [5.74, 6) is 0. The molecular weight excluding hydrogens is 154 g/mol. The van der Waals surface area contributed by atoms with Crippen molar-refractivity contribution in [1.82, 2.24) is 5.32 Å². The standard InChI is InChI=1S/C9H17NO2/c1-2-8(10-4-1)6-12-9-3-5-11-7-9/h8-10H,1-7H2/t8-,9?/m0/s1. The maximum Gasteiger partial charge on any atom is 0.0831 e. The number of hydrogen-bond donors (Lipinski definition) is 1. The first-order chi connectivity index (χ1) is 5.95. The molecule has 2 atom stereocenters. The Balaban J connectivity index is 1.60. The molecule has 12 heavy (non-hydrogen) atoms. The highest BCUT2D eigenvalue weighted by Crippen LogP contribution is 2.11. The molecule has 2 fully saturated rings. The van der Waals surface area contributed by atoms with E-state index in [1.165, 1.54) is 12.8 Å². The van der Waals surface area contributed by atoms with E-state index in [-0.39, 0.29) is 0 Å². The topological polar surface area (TPSA) is 30.5 Å². The largest absolute Gasteiger partial charge is 0.379 e. The van der Waals surface area contributed by atoms with E-state index >= 15 is 0 Å². The molecule has 0 aromatic rings. The lowest BCUT2D eigenvalue weighted by Crippen LogP contribution is -2.29. The van der Waals surface area contributed by atoms with Crippen LogP contribution in [0.25, 0.3) is 0 Å². The Labute approximate surface area is 73.4 Å². The molecular formula is C9H17NO2. The third-order valence-corrected chi connectivity index (χ3v) is 2.58. The molecule has 0 aromatic heterocycles. The smallest absolute Gasteiger partial charge is 0.0831 e. The number of nitrogens with one attached hydrogen (secondary N) is 1. The molecule has 3 nitrogen and oxygen atoms in total. The summed E-state index contributed by atoms with van der Waals surface area (Å²) < 4.78 is 10.9. The van der Waals surface area contributed by atoms with Crippen molar-refractivity contribution in [3.8, 4) is 0 Å². The summed E-state index contributed by atoms with van der Waals surface area (Å²) in [6.07, 6.45) is 4.02. The van der Waals surface area contributed by atoms with Gasteiger partial charge in [-0.1, -0.05) is 0 Å². The predicted molar refractivity (Wildman–Crippen MR) is 46.2 cm³/mol. The van der Waals surface area contributed by atoms with Gasteiger partial charge in [-0.3, -0.25) is 0 Å². The summed E-state index contributed by atoms with van der Waals surface area (Å²) in [5, 5.41) is 3.41. The Morgan fingerprint density at radius 2 is 2.42 bits per heavy atom. The fourth-order valence-electron chi connectivity index (χ4n) is 1.80. The van der Waals surface area contributed by atoms with E-state index in [0.717, 1.165) is 32.8 Å². The van der Waals surface area contributed by atoms with E-state index in [0.29, 0.717) is 12.1 Å². The molecule has 0 bridgehead atoms. The molecule has 0 spiro atoms. The van der Waals surface area contributed by atoms with Crippen LogP contribution in [0.2, 0.25) is 0 Å². The van der Waals surface area contributed by atoms with E-state index in [1.54, 1.807) is 0 Å². The van der Waals surface area contributed by atoms with E-state index in [1.807, 2.05) is 0 Å². The van der Waals surface area contributed by atoms with Gasteiger partial charge in [-0.15, -0.1) is 0 Å². The molecule has 2 aliphatic heterocycles. The van der Waals surface area contributed by atoms with Crippen molar-refractivity contribution in [1.29, 1.82) is 0 Å². The minimum Gasteiger partial charge on any atom is -0.379 e. The van der Waals surface area contributed by atoms with Gasteiger partial charge in [0, 0.05) is 12.6 Å². The highest BCUT2D eigenvalue weighted by Gasteiger charge is 2.19. The van der Waals surface area contributed by atoms with Gasteiger partial charge in [0.2, 0.25) is 0 Å². The van der Waals surface area contributed by atoms with Gasteiger partial charge in [0.05, 0.1) is 19.3 Å². The fraction of sp³-hybridized carbons (Fsp3) is 1.00. The first-order valence-electron chi connectivity index (χ1n) is 4.88. The van der Waals surface area contributed by atoms with Crippen LogP contribution in [0.5, 0.6) is 0 Å². The fourth-order valence-corrected chi connectivity index (χ4v) is 1.80. The lowest BCUT2D eigenvalue weighted by molar-refractivity contribution is 0.0326. The minimum atomic E-state index is 0.368. The van der Waals surface area contributed by atoms with E-state index in [9.17, 15) is 0 Å². The first-order valence-corrected chi connectivity index (χ1v) is 4.88. The molecule has 70 valence electrons. The molecule has 0 aliphatic carbocycles. The Bertz CT molecular complexity index is 112. The Hall–Kier alpha value is -0.120. The SMILES string of the molecule is C1CN[C@H](COC2CCOC2)C1. The second-order valence-corrected chi connectivity index (χ2v) is 3.61. The van der Waals surface area contributed by atoms with Crippen molar-refractivity contribution >= 4 is 0 Å². The lowest BCUT2D eigenvalue weighted by Gasteiger charge is -2.14. The zero-order chi connectivity index (χ0) is 8.23. The summed E-state index contributed by atoms with van der Waals surface area (Å²) in [6, 6.07) is 0.602. The predicted octanol–water partition coefficient (Wildman–Crippen LogP) is 0.544. The van der Waals surface area contributed by atoms with E-state index < -0.39 is 0 Å². The Kier molecular flexibility index (Phi) is 2.98. The van der Waals surface area contributed by atoms with Crippen molar-refractivity contribution in [3.05, 3.63) is 0 Å². The molecule has 0 radical (unpaired) electrons. The molecule has 0 saturated carbocycles. The quantitative estimate of drug-likeness (QED) is 0.672. The molecule has 3 heteroatoms. The summed E-state index contributed by atoms with van der Waals surface area (Å²) >= 11 is 0. The number of ether oxygens (including phenoxy) is 2. The van der Waals surface area contributed by atoms with Crippen molar-refractivity contribution < 1.29 is 9.47 Å². The molecule has 2 saturated heterocycles. The maximum absolute atomic E-state index is 5.70. The van der Waals surface area contributed by atoms with Gasteiger partial charge in [0.25, 0.3) is 0 Å². The van der Waals surface area contributed by atoms with Gasteiger partial charge in [-0.2, -0.15) is 0 Å². The van der Waals surface area contributed by atoms with Crippen molar-refractivity contribution in [2.45, 2.75) is 31.4 Å². The van der Waals surface area contributed by atoms with Crippen molar-refractivity contribution in [2.24, 2.45) is 0 Å². The molecule has 0 aromatic carbocycles. The monoisotopic (exact) mass is 171 g/mol. The van der Waals surface area contributed by atoms with Gasteiger partial charge in [-0.25, -0.2) is 0 Å². The molecule has 0 amide bonds. The minimum absolute atomic E-state index is 0.368. The second-order valence-electron chi connectivity index (χ2n) is 3.61. The molecule has 2 heterocycles. The van der Waals surface area contributed by atoms with Crippen LogP contribution in [-0.2, 0) is 9.47 Å². The van der Waals surface area contributed by atoms with Gasteiger partial charge in [0.15, 0.2) is 0 Å². The third-order valence-electron chi connectivity index (χ3n) is 2.58.